The Morgan fingerprint density at radius 3 is 2.80 bits per heavy atom. The summed E-state index contributed by atoms with van der Waals surface area (Å²) in [6.45, 7) is 4.22. The topological polar surface area (TPSA) is 64.1 Å². The second kappa shape index (κ2) is 5.88. The van der Waals surface area contributed by atoms with E-state index in [1.807, 2.05) is 17.7 Å². The molecule has 15 heavy (non-hydrogen) atoms. The molecule has 4 nitrogen and oxygen atoms in total. The summed E-state index contributed by atoms with van der Waals surface area (Å²) >= 11 is 0. The number of hydrogen-bond acceptors (Lipinski definition) is 3. The van der Waals surface area contributed by atoms with Crippen molar-refractivity contribution < 1.29 is 5.11 Å². The van der Waals surface area contributed by atoms with Crippen LogP contribution in [0, 0.1) is 0 Å². The molecule has 0 bridgehead atoms. The minimum atomic E-state index is -0.0425. The first kappa shape index (κ1) is 12.2. The van der Waals surface area contributed by atoms with Crippen molar-refractivity contribution in [2.24, 2.45) is 5.73 Å². The standard InChI is InChI=1S/C11H21N3O/c1-3-5-11-13-6-7-14(11)10(8-15)9(12)4-2/h6-7,9-10,15H,3-5,8,12H2,1-2H3. The predicted molar refractivity (Wildman–Crippen MR) is 60.6 cm³/mol. The van der Waals surface area contributed by atoms with Crippen molar-refractivity contribution >= 4 is 0 Å². The maximum atomic E-state index is 9.36. The normalized spacial score (nSPS) is 15.2. The molecule has 1 aromatic heterocycles. The number of nitrogens with two attached hydrogens (primary N) is 1. The van der Waals surface area contributed by atoms with E-state index >= 15 is 0 Å². The van der Waals surface area contributed by atoms with Crippen LogP contribution in [-0.2, 0) is 6.42 Å². The molecule has 3 N–H and O–H groups in total. The average molecular weight is 211 g/mol. The molecular weight excluding hydrogens is 190 g/mol. The summed E-state index contributed by atoms with van der Waals surface area (Å²) in [4.78, 5) is 4.29. The van der Waals surface area contributed by atoms with Crippen molar-refractivity contribution in [3.8, 4) is 0 Å². The van der Waals surface area contributed by atoms with Crippen LogP contribution in [0.5, 0.6) is 0 Å². The monoisotopic (exact) mass is 211 g/mol. The average Bonchev–Trinajstić information content (AvgIpc) is 2.68. The molecule has 2 unspecified atom stereocenters. The first-order chi connectivity index (χ1) is 7.24. The van der Waals surface area contributed by atoms with Crippen molar-refractivity contribution in [2.45, 2.75) is 45.2 Å². The summed E-state index contributed by atoms with van der Waals surface area (Å²) in [5, 5.41) is 9.36. The third-order valence-electron chi connectivity index (χ3n) is 2.73. The minimum absolute atomic E-state index is 0.0141. The fourth-order valence-corrected chi connectivity index (χ4v) is 1.76. The zero-order valence-electron chi connectivity index (χ0n) is 9.56. The molecule has 0 saturated carbocycles. The molecule has 0 radical (unpaired) electrons. The van der Waals surface area contributed by atoms with Gasteiger partial charge in [-0.3, -0.25) is 0 Å². The van der Waals surface area contributed by atoms with Gasteiger partial charge in [-0.2, -0.15) is 0 Å². The van der Waals surface area contributed by atoms with Crippen molar-refractivity contribution in [1.82, 2.24) is 9.55 Å². The van der Waals surface area contributed by atoms with Gasteiger partial charge in [0.05, 0.1) is 12.6 Å². The largest absolute Gasteiger partial charge is 0.394 e. The van der Waals surface area contributed by atoms with E-state index in [2.05, 4.69) is 11.9 Å². The minimum Gasteiger partial charge on any atom is -0.394 e. The molecule has 4 heteroatoms. The molecule has 0 saturated heterocycles. The smallest absolute Gasteiger partial charge is 0.109 e. The zero-order chi connectivity index (χ0) is 11.3. The van der Waals surface area contributed by atoms with Crippen LogP contribution < -0.4 is 5.73 Å². The van der Waals surface area contributed by atoms with Crippen LogP contribution in [0.2, 0.25) is 0 Å². The molecule has 0 aliphatic carbocycles. The molecule has 1 aromatic rings. The highest BCUT2D eigenvalue weighted by molar-refractivity contribution is 4.97. The molecular formula is C11H21N3O. The van der Waals surface area contributed by atoms with Crippen molar-refractivity contribution in [2.75, 3.05) is 6.61 Å². The number of imidazole rings is 1. The first-order valence-corrected chi connectivity index (χ1v) is 5.62. The van der Waals surface area contributed by atoms with Crippen LogP contribution >= 0.6 is 0 Å². The molecule has 2 atom stereocenters. The van der Waals surface area contributed by atoms with Gasteiger partial charge in [-0.25, -0.2) is 4.98 Å². The van der Waals surface area contributed by atoms with E-state index in [1.165, 1.54) is 0 Å². The van der Waals surface area contributed by atoms with E-state index in [1.54, 1.807) is 6.20 Å². The van der Waals surface area contributed by atoms with Crippen LogP contribution in [0.3, 0.4) is 0 Å². The number of rotatable bonds is 6. The van der Waals surface area contributed by atoms with Gasteiger partial charge in [0.25, 0.3) is 0 Å². The maximum absolute atomic E-state index is 9.36. The van der Waals surface area contributed by atoms with E-state index in [9.17, 15) is 5.11 Å². The van der Waals surface area contributed by atoms with Gasteiger partial charge in [-0.1, -0.05) is 13.8 Å². The second-order valence-corrected chi connectivity index (χ2v) is 3.82. The quantitative estimate of drug-likeness (QED) is 0.740. The third kappa shape index (κ3) is 2.79. The lowest BCUT2D eigenvalue weighted by atomic mass is 10.1. The highest BCUT2D eigenvalue weighted by Crippen LogP contribution is 2.15. The summed E-state index contributed by atoms with van der Waals surface area (Å²) in [7, 11) is 0. The number of nitrogens with zero attached hydrogens (tertiary/aromatic N) is 2. The van der Waals surface area contributed by atoms with E-state index in [-0.39, 0.29) is 18.7 Å². The number of hydrogen-bond donors (Lipinski definition) is 2. The summed E-state index contributed by atoms with van der Waals surface area (Å²) in [6, 6.07) is -0.0566. The third-order valence-corrected chi connectivity index (χ3v) is 2.73. The molecule has 1 rings (SSSR count). The fourth-order valence-electron chi connectivity index (χ4n) is 1.76. The Labute approximate surface area is 91.1 Å². The first-order valence-electron chi connectivity index (χ1n) is 5.62. The fraction of sp³-hybridized carbons (Fsp3) is 0.727. The number of aryl methyl sites for hydroxylation is 1. The Morgan fingerprint density at radius 1 is 1.53 bits per heavy atom. The lowest BCUT2D eigenvalue weighted by Crippen LogP contribution is -2.34. The molecule has 0 amide bonds. The van der Waals surface area contributed by atoms with Crippen molar-refractivity contribution in [3.63, 3.8) is 0 Å². The van der Waals surface area contributed by atoms with Crippen LogP contribution in [0.25, 0.3) is 0 Å². The van der Waals surface area contributed by atoms with Gasteiger partial charge in [-0.15, -0.1) is 0 Å². The zero-order valence-corrected chi connectivity index (χ0v) is 9.56. The summed E-state index contributed by atoms with van der Waals surface area (Å²) in [5.41, 5.74) is 5.98. The van der Waals surface area contributed by atoms with Crippen LogP contribution in [0.15, 0.2) is 12.4 Å². The Hall–Kier alpha value is -0.870. The molecule has 1 heterocycles. The van der Waals surface area contributed by atoms with E-state index in [0.29, 0.717) is 0 Å². The molecule has 0 aliphatic heterocycles. The Bertz CT molecular complexity index is 285. The predicted octanol–water partition coefficient (Wildman–Crippen LogP) is 1.11. The Kier molecular flexibility index (Phi) is 4.78. The van der Waals surface area contributed by atoms with E-state index in [0.717, 1.165) is 25.1 Å². The number of aromatic nitrogens is 2. The lowest BCUT2D eigenvalue weighted by Gasteiger charge is -2.24. The van der Waals surface area contributed by atoms with Gasteiger partial charge >= 0.3 is 0 Å². The molecule has 86 valence electrons. The van der Waals surface area contributed by atoms with E-state index in [4.69, 9.17) is 5.73 Å². The summed E-state index contributed by atoms with van der Waals surface area (Å²) < 4.78 is 2.01. The van der Waals surface area contributed by atoms with Gasteiger partial charge in [0.2, 0.25) is 0 Å². The van der Waals surface area contributed by atoms with Crippen LogP contribution in [0.4, 0.5) is 0 Å². The summed E-state index contributed by atoms with van der Waals surface area (Å²) in [6.07, 6.45) is 6.52. The molecule has 0 aliphatic rings. The van der Waals surface area contributed by atoms with Crippen LogP contribution in [0.1, 0.15) is 38.6 Å². The van der Waals surface area contributed by atoms with Gasteiger partial charge in [0.15, 0.2) is 0 Å². The molecule has 0 spiro atoms. The van der Waals surface area contributed by atoms with Crippen LogP contribution in [-0.4, -0.2) is 27.3 Å². The van der Waals surface area contributed by atoms with Gasteiger partial charge in [0, 0.05) is 24.9 Å². The van der Waals surface area contributed by atoms with Crippen molar-refractivity contribution in [1.29, 1.82) is 0 Å². The van der Waals surface area contributed by atoms with Gasteiger partial charge in [0.1, 0.15) is 5.82 Å². The van der Waals surface area contributed by atoms with Gasteiger partial charge < -0.3 is 15.4 Å². The van der Waals surface area contributed by atoms with E-state index < -0.39 is 0 Å². The summed E-state index contributed by atoms with van der Waals surface area (Å²) in [5.74, 6) is 1.01. The van der Waals surface area contributed by atoms with Gasteiger partial charge in [-0.05, 0) is 12.8 Å². The SMILES string of the molecule is CCCc1nccn1C(CO)C(N)CC. The number of aliphatic hydroxyl groups is 1. The Morgan fingerprint density at radius 2 is 2.27 bits per heavy atom. The highest BCUT2D eigenvalue weighted by atomic mass is 16.3. The second-order valence-electron chi connectivity index (χ2n) is 3.82. The number of aliphatic hydroxyl groups excluding tert-OH is 1. The lowest BCUT2D eigenvalue weighted by molar-refractivity contribution is 0.202. The molecule has 0 aromatic carbocycles. The van der Waals surface area contributed by atoms with Crippen molar-refractivity contribution in [3.05, 3.63) is 18.2 Å². The molecule has 0 fully saturated rings. The Balaban J connectivity index is 2.85. The highest BCUT2D eigenvalue weighted by Gasteiger charge is 2.19. The maximum Gasteiger partial charge on any atom is 0.109 e.